The Morgan fingerprint density at radius 3 is 2.48 bits per heavy atom. The molecule has 3 fully saturated rings. The molecule has 8 heteroatoms. The fourth-order valence-corrected chi connectivity index (χ4v) is 5.78. The minimum absolute atomic E-state index is 0.0550. The molecule has 1 aliphatic carbocycles. The van der Waals surface area contributed by atoms with E-state index in [1.165, 1.54) is 19.3 Å². The monoisotopic (exact) mass is 477 g/mol. The number of halogens is 1. The largest absolute Gasteiger partial charge is 0.496 e. The van der Waals surface area contributed by atoms with Gasteiger partial charge in [0.25, 0.3) is 5.91 Å². The number of carbonyl (C=O) groups is 2. The molecule has 2 saturated heterocycles. The number of nitrogens with one attached hydrogen (secondary N) is 1. The predicted octanol–water partition coefficient (Wildman–Crippen LogP) is 3.35. The van der Waals surface area contributed by atoms with Crippen LogP contribution in [-0.4, -0.2) is 80.2 Å². The zero-order valence-electron chi connectivity index (χ0n) is 19.6. The second kappa shape index (κ2) is 11.1. The average molecular weight is 478 g/mol. The number of ether oxygens (including phenoxy) is 2. The molecular formula is C25H36ClN3O4. The van der Waals surface area contributed by atoms with Crippen LogP contribution in [0.4, 0.5) is 0 Å². The molecule has 0 bridgehead atoms. The molecule has 0 spiro atoms. The van der Waals surface area contributed by atoms with Gasteiger partial charge in [-0.25, -0.2) is 0 Å². The number of morpholine rings is 1. The average Bonchev–Trinajstić information content (AvgIpc) is 2.88. The molecule has 0 atom stereocenters. The molecule has 0 unspecified atom stereocenters. The lowest BCUT2D eigenvalue weighted by molar-refractivity contribution is -0.127. The van der Waals surface area contributed by atoms with Gasteiger partial charge in [-0.3, -0.25) is 14.5 Å². The Balaban J connectivity index is 1.32. The molecule has 1 saturated carbocycles. The van der Waals surface area contributed by atoms with Crippen molar-refractivity contribution in [1.82, 2.24) is 15.1 Å². The minimum atomic E-state index is -0.0957. The first-order chi connectivity index (χ1) is 16.0. The van der Waals surface area contributed by atoms with Gasteiger partial charge in [0, 0.05) is 49.2 Å². The van der Waals surface area contributed by atoms with Gasteiger partial charge in [0.2, 0.25) is 5.91 Å². The van der Waals surface area contributed by atoms with E-state index in [1.807, 2.05) is 0 Å². The zero-order chi connectivity index (χ0) is 23.3. The van der Waals surface area contributed by atoms with Crippen molar-refractivity contribution in [1.29, 1.82) is 0 Å². The summed E-state index contributed by atoms with van der Waals surface area (Å²) in [5, 5.41) is 3.80. The molecule has 1 aromatic rings. The van der Waals surface area contributed by atoms with Gasteiger partial charge in [-0.05, 0) is 43.9 Å². The van der Waals surface area contributed by atoms with E-state index in [0.717, 1.165) is 39.1 Å². The number of carbonyl (C=O) groups excluding carboxylic acids is 2. The van der Waals surface area contributed by atoms with Crippen molar-refractivity contribution in [2.45, 2.75) is 50.5 Å². The summed E-state index contributed by atoms with van der Waals surface area (Å²) < 4.78 is 10.9. The van der Waals surface area contributed by atoms with Gasteiger partial charge in [0.1, 0.15) is 5.75 Å². The summed E-state index contributed by atoms with van der Waals surface area (Å²) in [5.41, 5.74) is 0.537. The van der Waals surface area contributed by atoms with Gasteiger partial charge in [0.15, 0.2) is 0 Å². The third kappa shape index (κ3) is 5.64. The van der Waals surface area contributed by atoms with Gasteiger partial charge in [-0.1, -0.05) is 30.9 Å². The number of hydrogen-bond acceptors (Lipinski definition) is 5. The van der Waals surface area contributed by atoms with Crippen LogP contribution in [0.25, 0.3) is 0 Å². The Morgan fingerprint density at radius 2 is 1.82 bits per heavy atom. The lowest BCUT2D eigenvalue weighted by atomic mass is 9.79. The molecular weight excluding hydrogens is 442 g/mol. The van der Waals surface area contributed by atoms with Crippen molar-refractivity contribution < 1.29 is 19.1 Å². The molecule has 1 aromatic carbocycles. The van der Waals surface area contributed by atoms with E-state index in [-0.39, 0.29) is 23.3 Å². The van der Waals surface area contributed by atoms with Gasteiger partial charge in [-0.2, -0.15) is 0 Å². The lowest BCUT2D eigenvalue weighted by Gasteiger charge is -2.48. The quantitative estimate of drug-likeness (QED) is 0.680. The molecule has 1 N–H and O–H groups in total. The highest BCUT2D eigenvalue weighted by atomic mass is 35.5. The second-order valence-corrected chi connectivity index (χ2v) is 9.95. The number of amides is 2. The highest BCUT2D eigenvalue weighted by Gasteiger charge is 2.39. The normalized spacial score (nSPS) is 22.1. The standard InChI is InChI=1S/C25H36ClN3O4/c1-32-22-6-5-20(26)17-21(22)24(31)28-11-7-19(8-12-28)23(30)27-18-25(9-3-2-4-10-25)29-13-15-33-16-14-29/h5-6,17,19H,2-4,7-16,18H2,1H3,(H,27,30). The van der Waals surface area contributed by atoms with Gasteiger partial charge in [-0.15, -0.1) is 0 Å². The summed E-state index contributed by atoms with van der Waals surface area (Å²) in [7, 11) is 1.55. The molecule has 0 radical (unpaired) electrons. The Morgan fingerprint density at radius 1 is 1.12 bits per heavy atom. The highest BCUT2D eigenvalue weighted by molar-refractivity contribution is 6.31. The Hall–Kier alpha value is -1.83. The Bertz CT molecular complexity index is 829. The minimum Gasteiger partial charge on any atom is -0.496 e. The highest BCUT2D eigenvalue weighted by Crippen LogP contribution is 2.34. The van der Waals surface area contributed by atoms with Crippen molar-refractivity contribution in [3.05, 3.63) is 28.8 Å². The Labute approximate surface area is 201 Å². The van der Waals surface area contributed by atoms with Crippen molar-refractivity contribution in [2.75, 3.05) is 53.0 Å². The summed E-state index contributed by atoms with van der Waals surface area (Å²) >= 11 is 6.10. The molecule has 182 valence electrons. The SMILES string of the molecule is COc1ccc(Cl)cc1C(=O)N1CCC(C(=O)NCC2(N3CCOCC3)CCCCC2)CC1. The predicted molar refractivity (Wildman–Crippen MR) is 128 cm³/mol. The van der Waals surface area contributed by atoms with Gasteiger partial charge >= 0.3 is 0 Å². The van der Waals surface area contributed by atoms with Crippen molar-refractivity contribution in [3.8, 4) is 5.75 Å². The number of benzene rings is 1. The van der Waals surface area contributed by atoms with Crippen LogP contribution in [0.15, 0.2) is 18.2 Å². The van der Waals surface area contributed by atoms with Crippen molar-refractivity contribution >= 4 is 23.4 Å². The first-order valence-electron chi connectivity index (χ1n) is 12.3. The van der Waals surface area contributed by atoms with Crippen LogP contribution in [0.5, 0.6) is 5.75 Å². The third-order valence-corrected chi connectivity index (χ3v) is 7.84. The summed E-state index contributed by atoms with van der Waals surface area (Å²) in [6.07, 6.45) is 7.35. The molecule has 33 heavy (non-hydrogen) atoms. The first-order valence-corrected chi connectivity index (χ1v) is 12.6. The van der Waals surface area contributed by atoms with Crippen molar-refractivity contribution in [2.24, 2.45) is 5.92 Å². The van der Waals surface area contributed by atoms with Crippen LogP contribution in [0.2, 0.25) is 5.02 Å². The van der Waals surface area contributed by atoms with Crippen LogP contribution in [0, 0.1) is 5.92 Å². The van der Waals surface area contributed by atoms with Gasteiger partial charge < -0.3 is 19.7 Å². The number of hydrogen-bond donors (Lipinski definition) is 1. The fourth-order valence-electron chi connectivity index (χ4n) is 5.61. The topological polar surface area (TPSA) is 71.1 Å². The smallest absolute Gasteiger partial charge is 0.257 e. The molecule has 3 aliphatic rings. The van der Waals surface area contributed by atoms with E-state index >= 15 is 0 Å². The van der Waals surface area contributed by atoms with Crippen LogP contribution >= 0.6 is 11.6 Å². The van der Waals surface area contributed by atoms with Crippen LogP contribution < -0.4 is 10.1 Å². The maximum atomic E-state index is 13.1. The summed E-state index contributed by atoms with van der Waals surface area (Å²) in [6.45, 7) is 5.28. The maximum absolute atomic E-state index is 13.1. The fraction of sp³-hybridized carbons (Fsp3) is 0.680. The number of likely N-dealkylation sites (tertiary alicyclic amines) is 1. The summed E-state index contributed by atoms with van der Waals surface area (Å²) in [5.74, 6) is 0.494. The molecule has 4 rings (SSSR count). The third-order valence-electron chi connectivity index (χ3n) is 7.60. The number of piperidine rings is 1. The molecule has 0 aromatic heterocycles. The number of rotatable bonds is 6. The first kappa shape index (κ1) is 24.3. The van der Waals surface area contributed by atoms with Crippen LogP contribution in [0.3, 0.4) is 0 Å². The van der Waals surface area contributed by atoms with E-state index in [1.54, 1.807) is 30.2 Å². The number of nitrogens with zero attached hydrogens (tertiary/aromatic N) is 2. The lowest BCUT2D eigenvalue weighted by Crippen LogP contribution is -2.60. The van der Waals surface area contributed by atoms with E-state index in [9.17, 15) is 9.59 Å². The molecule has 2 heterocycles. The maximum Gasteiger partial charge on any atom is 0.257 e. The van der Waals surface area contributed by atoms with Crippen LogP contribution in [-0.2, 0) is 9.53 Å². The molecule has 2 amide bonds. The van der Waals surface area contributed by atoms with E-state index in [4.69, 9.17) is 21.1 Å². The Kier molecular flexibility index (Phi) is 8.15. The zero-order valence-corrected chi connectivity index (χ0v) is 20.4. The molecule has 2 aliphatic heterocycles. The van der Waals surface area contributed by atoms with Crippen molar-refractivity contribution in [3.63, 3.8) is 0 Å². The number of methoxy groups -OCH3 is 1. The van der Waals surface area contributed by atoms with Crippen LogP contribution in [0.1, 0.15) is 55.3 Å². The van der Waals surface area contributed by atoms with E-state index < -0.39 is 0 Å². The summed E-state index contributed by atoms with van der Waals surface area (Å²) in [6, 6.07) is 5.08. The van der Waals surface area contributed by atoms with E-state index in [0.29, 0.717) is 48.8 Å². The second-order valence-electron chi connectivity index (χ2n) is 9.51. The summed E-state index contributed by atoms with van der Waals surface area (Å²) in [4.78, 5) is 30.4. The van der Waals surface area contributed by atoms with Gasteiger partial charge in [0.05, 0.1) is 25.9 Å². The molecule has 7 nitrogen and oxygen atoms in total. The van der Waals surface area contributed by atoms with E-state index in [2.05, 4.69) is 10.2 Å².